The van der Waals surface area contributed by atoms with Crippen molar-refractivity contribution in [3.8, 4) is 0 Å². The average Bonchev–Trinajstić information content (AvgIpc) is 3.16. The summed E-state index contributed by atoms with van der Waals surface area (Å²) < 4.78 is 1.45. The molecule has 1 amide bonds. The molecule has 1 unspecified atom stereocenters. The summed E-state index contributed by atoms with van der Waals surface area (Å²) in [7, 11) is 7.64. The summed E-state index contributed by atoms with van der Waals surface area (Å²) in [5, 5.41) is 10.6. The molecule has 1 aliphatic rings. The highest BCUT2D eigenvalue weighted by Gasteiger charge is 2.30. The Morgan fingerprint density at radius 3 is 2.70 bits per heavy atom. The van der Waals surface area contributed by atoms with Crippen LogP contribution in [0.2, 0.25) is 0 Å². The molecule has 0 bridgehead atoms. The van der Waals surface area contributed by atoms with E-state index >= 15 is 0 Å². The van der Waals surface area contributed by atoms with E-state index in [9.17, 15) is 9.59 Å². The third-order valence-corrected chi connectivity index (χ3v) is 7.47. The van der Waals surface area contributed by atoms with E-state index in [-0.39, 0.29) is 17.4 Å². The first kappa shape index (κ1) is 21.8. The summed E-state index contributed by atoms with van der Waals surface area (Å²) in [5.74, 6) is 0.794. The Kier molecular flexibility index (Phi) is 5.54. The fourth-order valence-electron chi connectivity index (χ4n) is 4.63. The SMILES string of the molecule is CN(C)CCNc1nn2c(=O)c3c4c(sc3nc2c2ccccc12)CC(C(=O)N(C)C)CC4. The summed E-state index contributed by atoms with van der Waals surface area (Å²) in [6.07, 6.45) is 2.13. The van der Waals surface area contributed by atoms with Crippen molar-refractivity contribution < 1.29 is 4.79 Å². The highest BCUT2D eigenvalue weighted by molar-refractivity contribution is 7.18. The molecule has 5 rings (SSSR count). The number of amides is 1. The van der Waals surface area contributed by atoms with Gasteiger partial charge in [-0.25, -0.2) is 4.98 Å². The largest absolute Gasteiger partial charge is 0.367 e. The van der Waals surface area contributed by atoms with Crippen molar-refractivity contribution in [3.05, 3.63) is 45.1 Å². The fourth-order valence-corrected chi connectivity index (χ4v) is 5.92. The molecule has 0 aliphatic heterocycles. The van der Waals surface area contributed by atoms with Gasteiger partial charge in [0.1, 0.15) is 4.83 Å². The van der Waals surface area contributed by atoms with Crippen molar-refractivity contribution in [2.75, 3.05) is 46.6 Å². The highest BCUT2D eigenvalue weighted by Crippen LogP contribution is 2.37. The van der Waals surface area contributed by atoms with Gasteiger partial charge in [-0.15, -0.1) is 16.4 Å². The van der Waals surface area contributed by atoms with Gasteiger partial charge in [-0.2, -0.15) is 4.52 Å². The highest BCUT2D eigenvalue weighted by atomic mass is 32.1. The third-order valence-electron chi connectivity index (χ3n) is 6.33. The van der Waals surface area contributed by atoms with Gasteiger partial charge in [0.15, 0.2) is 11.5 Å². The first-order valence-electron chi connectivity index (χ1n) is 11.2. The summed E-state index contributed by atoms with van der Waals surface area (Å²) in [6.45, 7) is 1.57. The summed E-state index contributed by atoms with van der Waals surface area (Å²) in [6, 6.07) is 7.92. The van der Waals surface area contributed by atoms with Crippen molar-refractivity contribution >= 4 is 49.7 Å². The lowest BCUT2D eigenvalue weighted by molar-refractivity contribution is -0.133. The minimum atomic E-state index is -0.133. The van der Waals surface area contributed by atoms with E-state index in [0.29, 0.717) is 29.7 Å². The number of aryl methyl sites for hydroxylation is 1. The van der Waals surface area contributed by atoms with Gasteiger partial charge in [-0.3, -0.25) is 9.59 Å². The Labute approximate surface area is 195 Å². The van der Waals surface area contributed by atoms with Crippen molar-refractivity contribution in [1.29, 1.82) is 0 Å². The number of aromatic nitrogens is 3. The van der Waals surface area contributed by atoms with Gasteiger partial charge in [-0.1, -0.05) is 24.3 Å². The quantitative estimate of drug-likeness (QED) is 0.457. The van der Waals surface area contributed by atoms with Crippen LogP contribution in [0.3, 0.4) is 0 Å². The molecule has 1 aliphatic carbocycles. The Hall–Kier alpha value is -3.04. The number of nitrogens with one attached hydrogen (secondary N) is 1. The van der Waals surface area contributed by atoms with E-state index < -0.39 is 0 Å². The minimum absolute atomic E-state index is 0.0378. The monoisotopic (exact) mass is 464 g/mol. The molecule has 0 saturated heterocycles. The number of benzene rings is 1. The lowest BCUT2D eigenvalue weighted by Gasteiger charge is -2.24. The molecule has 0 saturated carbocycles. The van der Waals surface area contributed by atoms with Crippen LogP contribution in [0.1, 0.15) is 16.9 Å². The zero-order valence-electron chi connectivity index (χ0n) is 19.4. The number of carbonyl (C=O) groups excluding carboxylic acids is 1. The van der Waals surface area contributed by atoms with Crippen molar-refractivity contribution in [2.45, 2.75) is 19.3 Å². The van der Waals surface area contributed by atoms with Crippen LogP contribution >= 0.6 is 11.3 Å². The van der Waals surface area contributed by atoms with Crippen LogP contribution in [0.25, 0.3) is 26.6 Å². The maximum absolute atomic E-state index is 13.7. The second-order valence-electron chi connectivity index (χ2n) is 9.13. The first-order chi connectivity index (χ1) is 15.8. The molecule has 9 heteroatoms. The molecule has 8 nitrogen and oxygen atoms in total. The van der Waals surface area contributed by atoms with Gasteiger partial charge in [0.05, 0.1) is 5.39 Å². The number of nitrogens with zero attached hydrogens (tertiary/aromatic N) is 5. The summed E-state index contributed by atoms with van der Waals surface area (Å²) in [4.78, 5) is 36.7. The van der Waals surface area contributed by atoms with Crippen LogP contribution < -0.4 is 10.9 Å². The number of anilines is 1. The van der Waals surface area contributed by atoms with E-state index in [0.717, 1.165) is 45.6 Å². The van der Waals surface area contributed by atoms with Crippen LogP contribution in [-0.4, -0.2) is 71.6 Å². The number of hydrogen-bond donors (Lipinski definition) is 1. The van der Waals surface area contributed by atoms with Gasteiger partial charge in [0.2, 0.25) is 5.91 Å². The molecular weight excluding hydrogens is 436 g/mol. The van der Waals surface area contributed by atoms with Gasteiger partial charge < -0.3 is 15.1 Å². The molecular formula is C24H28N6O2S. The van der Waals surface area contributed by atoms with Crippen LogP contribution in [0, 0.1) is 5.92 Å². The van der Waals surface area contributed by atoms with Crippen LogP contribution in [0.4, 0.5) is 5.82 Å². The molecule has 4 aromatic rings. The predicted molar refractivity (Wildman–Crippen MR) is 133 cm³/mol. The zero-order valence-corrected chi connectivity index (χ0v) is 20.2. The number of carbonyl (C=O) groups is 1. The molecule has 1 atom stereocenters. The predicted octanol–water partition coefficient (Wildman–Crippen LogP) is 2.62. The van der Waals surface area contributed by atoms with Crippen LogP contribution in [0.15, 0.2) is 29.1 Å². The molecule has 172 valence electrons. The van der Waals surface area contributed by atoms with Crippen molar-refractivity contribution in [3.63, 3.8) is 0 Å². The Balaban J connectivity index is 1.67. The van der Waals surface area contributed by atoms with Gasteiger partial charge in [0.25, 0.3) is 5.56 Å². The smallest absolute Gasteiger partial charge is 0.283 e. The average molecular weight is 465 g/mol. The second-order valence-corrected chi connectivity index (χ2v) is 10.2. The van der Waals surface area contributed by atoms with Crippen LogP contribution in [-0.2, 0) is 17.6 Å². The van der Waals surface area contributed by atoms with Gasteiger partial charge >= 0.3 is 0 Å². The lowest BCUT2D eigenvalue weighted by atomic mass is 9.87. The summed E-state index contributed by atoms with van der Waals surface area (Å²) >= 11 is 1.55. The molecule has 0 spiro atoms. The number of fused-ring (bicyclic) bond motifs is 6. The zero-order chi connectivity index (χ0) is 23.3. The van der Waals surface area contributed by atoms with E-state index in [4.69, 9.17) is 10.1 Å². The molecule has 0 fully saturated rings. The first-order valence-corrected chi connectivity index (χ1v) is 12.0. The maximum atomic E-state index is 13.7. The van der Waals surface area contributed by atoms with E-state index in [1.165, 1.54) is 4.52 Å². The number of thiophene rings is 1. The normalized spacial score (nSPS) is 16.0. The third kappa shape index (κ3) is 3.75. The van der Waals surface area contributed by atoms with Crippen LogP contribution in [0.5, 0.6) is 0 Å². The molecule has 1 aromatic carbocycles. The number of hydrogen-bond acceptors (Lipinski definition) is 7. The van der Waals surface area contributed by atoms with E-state index in [2.05, 4.69) is 10.2 Å². The Morgan fingerprint density at radius 2 is 1.97 bits per heavy atom. The maximum Gasteiger partial charge on any atom is 0.283 e. The molecule has 0 radical (unpaired) electrons. The van der Waals surface area contributed by atoms with Crippen molar-refractivity contribution in [1.82, 2.24) is 24.4 Å². The topological polar surface area (TPSA) is 82.8 Å². The van der Waals surface area contributed by atoms with Gasteiger partial charge in [0, 0.05) is 48.8 Å². The number of likely N-dealkylation sites (N-methyl/N-ethyl adjacent to an activating group) is 1. The minimum Gasteiger partial charge on any atom is -0.367 e. The summed E-state index contributed by atoms with van der Waals surface area (Å²) in [5.41, 5.74) is 1.48. The van der Waals surface area contributed by atoms with Crippen molar-refractivity contribution in [2.24, 2.45) is 5.92 Å². The fraction of sp³-hybridized carbons (Fsp3) is 0.417. The van der Waals surface area contributed by atoms with E-state index in [1.54, 1.807) is 30.3 Å². The lowest BCUT2D eigenvalue weighted by Crippen LogP contribution is -2.33. The standard InChI is InChI=1S/C24H28N6O2S/c1-28(2)12-11-25-20-15-7-5-6-8-16(15)21-26-22-19(24(32)30(21)27-20)17-10-9-14(13-18(17)33-22)23(31)29(3)4/h5-8,14H,9-13H2,1-4H3,(H,25,27). The van der Waals surface area contributed by atoms with E-state index in [1.807, 2.05) is 38.4 Å². The second kappa shape index (κ2) is 8.39. The Bertz CT molecular complexity index is 1440. The molecule has 3 aromatic heterocycles. The van der Waals surface area contributed by atoms with Gasteiger partial charge in [-0.05, 0) is 38.9 Å². The number of rotatable bonds is 5. The Morgan fingerprint density at radius 1 is 1.21 bits per heavy atom. The molecule has 3 heterocycles. The molecule has 1 N–H and O–H groups in total. The molecule has 33 heavy (non-hydrogen) atoms.